The van der Waals surface area contributed by atoms with Gasteiger partial charge in [0.2, 0.25) is 5.91 Å². The summed E-state index contributed by atoms with van der Waals surface area (Å²) < 4.78 is 39.7. The molecule has 2 aromatic carbocycles. The molecule has 4 rings (SSSR count). The predicted molar refractivity (Wildman–Crippen MR) is 105 cm³/mol. The monoisotopic (exact) mass is 398 g/mol. The van der Waals surface area contributed by atoms with Gasteiger partial charge < -0.3 is 10.3 Å². The van der Waals surface area contributed by atoms with Gasteiger partial charge in [0.1, 0.15) is 0 Å². The Morgan fingerprint density at radius 1 is 1.14 bits per heavy atom. The van der Waals surface area contributed by atoms with Gasteiger partial charge in [-0.3, -0.25) is 4.79 Å². The largest absolute Gasteiger partial charge is 0.416 e. The molecule has 2 heterocycles. The minimum atomic E-state index is -4.37. The molecule has 0 saturated heterocycles. The molecule has 0 aliphatic carbocycles. The highest BCUT2D eigenvalue weighted by molar-refractivity contribution is 6.02. The lowest BCUT2D eigenvalue weighted by Gasteiger charge is -2.07. The third-order valence-corrected chi connectivity index (χ3v) is 4.62. The van der Waals surface area contributed by atoms with Crippen LogP contribution >= 0.6 is 0 Å². The van der Waals surface area contributed by atoms with Crippen molar-refractivity contribution in [1.29, 1.82) is 0 Å². The summed E-state index contributed by atoms with van der Waals surface area (Å²) in [5, 5.41) is 8.19. The van der Waals surface area contributed by atoms with E-state index in [4.69, 9.17) is 0 Å². The summed E-state index contributed by atoms with van der Waals surface area (Å²) in [4.78, 5) is 14.8. The van der Waals surface area contributed by atoms with Crippen molar-refractivity contribution >= 4 is 22.5 Å². The number of carbonyl (C=O) groups excluding carboxylic acids is 1. The van der Waals surface area contributed by atoms with Gasteiger partial charge in [-0.05, 0) is 42.5 Å². The van der Waals surface area contributed by atoms with Crippen LogP contribution in [0.1, 0.15) is 18.9 Å². The lowest BCUT2D eigenvalue weighted by atomic mass is 10.1. The van der Waals surface area contributed by atoms with Crippen molar-refractivity contribution in [3.05, 3.63) is 66.5 Å². The van der Waals surface area contributed by atoms with Gasteiger partial charge in [-0.1, -0.05) is 13.0 Å². The highest BCUT2D eigenvalue weighted by Crippen LogP contribution is 2.31. The highest BCUT2D eigenvalue weighted by atomic mass is 19.4. The summed E-state index contributed by atoms with van der Waals surface area (Å²) >= 11 is 0. The average Bonchev–Trinajstić information content (AvgIpc) is 3.35. The molecular weight excluding hydrogens is 381 g/mol. The van der Waals surface area contributed by atoms with Gasteiger partial charge in [0.15, 0.2) is 0 Å². The Morgan fingerprint density at radius 3 is 2.59 bits per heavy atom. The number of nitrogens with one attached hydrogen (secondary N) is 2. The summed E-state index contributed by atoms with van der Waals surface area (Å²) in [5.74, 6) is -0.0807. The fourth-order valence-corrected chi connectivity index (χ4v) is 3.05. The quantitative estimate of drug-likeness (QED) is 0.484. The first kappa shape index (κ1) is 18.8. The van der Waals surface area contributed by atoms with E-state index >= 15 is 0 Å². The van der Waals surface area contributed by atoms with Crippen LogP contribution in [0.2, 0.25) is 0 Å². The molecular formula is C21H17F3N4O. The number of hydrogen-bond donors (Lipinski definition) is 2. The number of amides is 1. The molecule has 148 valence electrons. The minimum absolute atomic E-state index is 0.0807. The van der Waals surface area contributed by atoms with Crippen molar-refractivity contribution in [3.63, 3.8) is 0 Å². The number of aromatic nitrogens is 3. The van der Waals surface area contributed by atoms with Crippen molar-refractivity contribution in [1.82, 2.24) is 14.8 Å². The number of rotatable bonds is 4. The molecule has 5 nitrogen and oxygen atoms in total. The van der Waals surface area contributed by atoms with Gasteiger partial charge in [-0.2, -0.15) is 18.3 Å². The minimum Gasteiger partial charge on any atom is -0.359 e. The van der Waals surface area contributed by atoms with Crippen molar-refractivity contribution < 1.29 is 18.0 Å². The van der Waals surface area contributed by atoms with Gasteiger partial charge in [0.05, 0.1) is 22.6 Å². The van der Waals surface area contributed by atoms with Crippen LogP contribution in [0.15, 0.2) is 60.9 Å². The molecule has 0 aliphatic rings. The van der Waals surface area contributed by atoms with Crippen LogP contribution < -0.4 is 5.32 Å². The number of anilines is 1. The second-order valence-electron chi connectivity index (χ2n) is 6.55. The first-order chi connectivity index (χ1) is 13.8. The molecule has 4 aromatic rings. The van der Waals surface area contributed by atoms with Crippen molar-refractivity contribution in [2.75, 3.05) is 5.32 Å². The molecule has 8 heteroatoms. The van der Waals surface area contributed by atoms with Crippen LogP contribution in [-0.4, -0.2) is 20.7 Å². The average molecular weight is 398 g/mol. The number of benzene rings is 2. The van der Waals surface area contributed by atoms with Crippen LogP contribution in [0.4, 0.5) is 18.9 Å². The molecule has 2 aromatic heterocycles. The van der Waals surface area contributed by atoms with E-state index < -0.39 is 11.7 Å². The number of carbonyl (C=O) groups is 1. The molecule has 0 spiro atoms. The Bertz CT molecular complexity index is 1170. The maximum atomic E-state index is 12.7. The second kappa shape index (κ2) is 7.12. The van der Waals surface area contributed by atoms with Crippen LogP contribution in [0.5, 0.6) is 0 Å². The molecule has 0 saturated carbocycles. The number of H-pyrrole nitrogens is 1. The molecule has 0 bridgehead atoms. The molecule has 29 heavy (non-hydrogen) atoms. The number of halogens is 3. The topological polar surface area (TPSA) is 62.7 Å². The smallest absolute Gasteiger partial charge is 0.359 e. The third kappa shape index (κ3) is 3.73. The van der Waals surface area contributed by atoms with Crippen molar-refractivity contribution in [2.24, 2.45) is 0 Å². The molecule has 0 unspecified atom stereocenters. The Hall–Kier alpha value is -3.55. The Kier molecular flexibility index (Phi) is 4.62. The van der Waals surface area contributed by atoms with E-state index in [1.807, 2.05) is 18.2 Å². The Morgan fingerprint density at radius 2 is 1.90 bits per heavy atom. The molecule has 0 fully saturated rings. The van der Waals surface area contributed by atoms with Crippen molar-refractivity contribution in [2.45, 2.75) is 19.5 Å². The summed E-state index contributed by atoms with van der Waals surface area (Å²) in [7, 11) is 0. The van der Waals surface area contributed by atoms with Gasteiger partial charge in [-0.25, -0.2) is 4.68 Å². The number of nitrogens with zero attached hydrogens (tertiary/aromatic N) is 2. The van der Waals surface area contributed by atoms with E-state index in [9.17, 15) is 18.0 Å². The summed E-state index contributed by atoms with van der Waals surface area (Å²) in [5.41, 5.74) is 2.89. The molecule has 0 atom stereocenters. The van der Waals surface area contributed by atoms with Gasteiger partial charge >= 0.3 is 6.18 Å². The van der Waals surface area contributed by atoms with Gasteiger partial charge in [0, 0.05) is 35.3 Å². The molecule has 0 radical (unpaired) electrons. The fraction of sp³-hybridized carbons (Fsp3) is 0.143. The number of hydrogen-bond acceptors (Lipinski definition) is 2. The highest BCUT2D eigenvalue weighted by Gasteiger charge is 2.30. The lowest BCUT2D eigenvalue weighted by molar-refractivity contribution is -0.137. The van der Waals surface area contributed by atoms with E-state index in [1.54, 1.807) is 25.4 Å². The van der Waals surface area contributed by atoms with Gasteiger partial charge in [-0.15, -0.1) is 0 Å². The standard InChI is InChI=1S/C21H17F3N4O/c1-2-20(29)26-19-12-25-18-8-3-13(11-16(18)19)17-9-10-28(27-17)15-6-4-14(5-7-15)21(22,23)24/h3-12,25H,2H2,1H3,(H,26,29). The first-order valence-corrected chi connectivity index (χ1v) is 9.00. The second-order valence-corrected chi connectivity index (χ2v) is 6.55. The number of alkyl halides is 3. The van der Waals surface area contributed by atoms with E-state index in [0.717, 1.165) is 28.6 Å². The summed E-state index contributed by atoms with van der Waals surface area (Å²) in [6.45, 7) is 1.78. The fourth-order valence-electron chi connectivity index (χ4n) is 3.05. The van der Waals surface area contributed by atoms with E-state index in [2.05, 4.69) is 15.4 Å². The maximum absolute atomic E-state index is 12.7. The zero-order valence-corrected chi connectivity index (χ0v) is 15.4. The van der Waals surface area contributed by atoms with Crippen molar-refractivity contribution in [3.8, 4) is 16.9 Å². The Labute approximate surface area is 164 Å². The molecule has 1 amide bonds. The van der Waals surface area contributed by atoms with Crippen LogP contribution in [0, 0.1) is 0 Å². The normalized spacial score (nSPS) is 11.7. The van der Waals surface area contributed by atoms with E-state index in [1.165, 1.54) is 16.8 Å². The zero-order chi connectivity index (χ0) is 20.6. The summed E-state index contributed by atoms with van der Waals surface area (Å²) in [6.07, 6.45) is -0.559. The SMILES string of the molecule is CCC(=O)Nc1c[nH]c2ccc(-c3ccn(-c4ccc(C(F)(F)F)cc4)n3)cc12. The predicted octanol–water partition coefficient (Wildman–Crippen LogP) is 5.39. The zero-order valence-electron chi connectivity index (χ0n) is 15.4. The van der Waals surface area contributed by atoms with E-state index in [-0.39, 0.29) is 5.91 Å². The number of aromatic amines is 1. The van der Waals surface area contributed by atoms with Crippen LogP contribution in [0.3, 0.4) is 0 Å². The van der Waals surface area contributed by atoms with E-state index in [0.29, 0.717) is 23.5 Å². The number of fused-ring (bicyclic) bond motifs is 1. The third-order valence-electron chi connectivity index (χ3n) is 4.62. The lowest BCUT2D eigenvalue weighted by Crippen LogP contribution is -2.08. The van der Waals surface area contributed by atoms with Crippen LogP contribution in [-0.2, 0) is 11.0 Å². The first-order valence-electron chi connectivity index (χ1n) is 9.00. The van der Waals surface area contributed by atoms with Gasteiger partial charge in [0.25, 0.3) is 0 Å². The van der Waals surface area contributed by atoms with Crippen LogP contribution in [0.25, 0.3) is 27.8 Å². The molecule has 0 aliphatic heterocycles. The summed E-state index contributed by atoms with van der Waals surface area (Å²) in [6, 6.07) is 12.3. The molecule has 2 N–H and O–H groups in total. The maximum Gasteiger partial charge on any atom is 0.416 e. The Balaban J connectivity index is 1.64.